The molecule has 4 amide bonds. The molecule has 4 bridgehead atoms. The Bertz CT molecular complexity index is 3930. The van der Waals surface area contributed by atoms with Crippen LogP contribution in [0.15, 0.2) is 85.7 Å². The van der Waals surface area contributed by atoms with Gasteiger partial charge in [-0.25, -0.2) is 69.6 Å². The quantitative estimate of drug-likeness (QED) is 0.111. The molecule has 6 aliphatic rings. The summed E-state index contributed by atoms with van der Waals surface area (Å²) in [7, 11) is 0. The Morgan fingerprint density at radius 1 is 0.606 bits per heavy atom. The number of rotatable bonds is 7. The first-order chi connectivity index (χ1) is 45.9. The molecule has 528 valence electrons. The van der Waals surface area contributed by atoms with Crippen LogP contribution in [-0.4, -0.2) is 137 Å². The second-order valence-corrected chi connectivity index (χ2v) is 29.0. The molecule has 2 saturated carbocycles. The zero-order chi connectivity index (χ0) is 69.6. The Morgan fingerprint density at radius 3 is 1.43 bits per heavy atom. The van der Waals surface area contributed by atoms with Gasteiger partial charge in [-0.3, -0.25) is 9.59 Å². The topological polar surface area (TPSA) is 266 Å². The molecular weight excluding hydrogens is 1360 g/mol. The van der Waals surface area contributed by atoms with Crippen molar-refractivity contribution < 1.29 is 112 Å². The van der Waals surface area contributed by atoms with Gasteiger partial charge in [-0.05, 0) is 111 Å². The first-order valence-electron chi connectivity index (χ1n) is 33.1. The summed E-state index contributed by atoms with van der Waals surface area (Å²) in [5.74, 6) is -7.98. The number of hydrogen-bond donors (Lipinski definition) is 2. The van der Waals surface area contributed by atoms with Gasteiger partial charge in [0.15, 0.2) is 0 Å². The van der Waals surface area contributed by atoms with Gasteiger partial charge in [0.1, 0.15) is 59.6 Å². The molecule has 28 heteroatoms. The number of nitrogens with zero attached hydrogens (tertiary/aromatic N) is 8. The van der Waals surface area contributed by atoms with E-state index in [9.17, 15) is 28.8 Å². The first kappa shape index (κ1) is 75.5. The molecule has 2 aliphatic carbocycles. The first-order valence-corrected chi connectivity index (χ1v) is 33.1. The predicted octanol–water partition coefficient (Wildman–Crippen LogP) is 12.6. The van der Waals surface area contributed by atoms with E-state index in [-0.39, 0.29) is 97.8 Å². The minimum atomic E-state index is -3.30. The summed E-state index contributed by atoms with van der Waals surface area (Å²) in [5, 5.41) is 6.44. The Balaban J connectivity index is 0.000000227. The van der Waals surface area contributed by atoms with Crippen molar-refractivity contribution in [2.45, 2.75) is 199 Å². The standard InChI is InChI=1S/C36H42F2N5O6.C35H40F2N5O6.2V/c1-6-24-27(19-44)43-18-28(24)48-31-25(15-21-10-11-23(16-26(21)41-31)47-29-12-14-39-20-40-29)36(37,38)13-8-7-9-22-17-35(22,5)49-33(46)42-30(32(43)45)34(2,3)4;1-20-26(18-43)42-17-27(20)47-30-24(14-21-9-10-23(15-25(21)40-30)46-28-11-13-38-19-39-28)35(36,37)12-7-6-8-22-16-34(22,5)48-32(45)41-29(31(42)44)33(2,3)4;;/h10-12,14-16,20,22,24,27-28,30H,6-9,13,17-18H2,1-5H3,(H,42,46);9-11,13-15,19-20,22,26-27,29H,6-8,12,16-17H2,1-5H3,(H,41,45);;/q2*-1;;/t22-,24+,27-,28+,30-,35-;20-,22+,26+,27-,29+,34+;;/m10../s1. The molecule has 4 aromatic heterocycles. The summed E-state index contributed by atoms with van der Waals surface area (Å²) in [6, 6.07) is 11.6. The van der Waals surface area contributed by atoms with Crippen molar-refractivity contribution in [2.24, 2.45) is 34.5 Å². The summed E-state index contributed by atoms with van der Waals surface area (Å²) in [4.78, 5) is 107. The number of alkyl halides is 4. The second kappa shape index (κ2) is 29.9. The summed E-state index contributed by atoms with van der Waals surface area (Å²) in [5.41, 5.74) is -3.03. The normalized spacial score (nSPS) is 28.5. The summed E-state index contributed by atoms with van der Waals surface area (Å²) in [6.45, 7) is 17.8. The number of pyridine rings is 2. The van der Waals surface area contributed by atoms with Crippen LogP contribution in [0.5, 0.6) is 35.0 Å². The Labute approximate surface area is 596 Å². The molecule has 2 aromatic carbocycles. The van der Waals surface area contributed by atoms with Gasteiger partial charge in [-0.2, -0.15) is 0 Å². The minimum absolute atomic E-state index is 0. The summed E-state index contributed by atoms with van der Waals surface area (Å²) < 4.78 is 100. The number of amides is 4. The van der Waals surface area contributed by atoms with Crippen molar-refractivity contribution >= 4 is 58.4 Å². The van der Waals surface area contributed by atoms with Gasteiger partial charge < -0.3 is 58.4 Å². The number of fused-ring (bicyclic) bond motifs is 10. The molecular formula is C71H82F4N10O12V2-2. The van der Waals surface area contributed by atoms with Crippen molar-refractivity contribution in [1.29, 1.82) is 0 Å². The zero-order valence-corrected chi connectivity index (χ0v) is 59.7. The fourth-order valence-corrected chi connectivity index (χ4v) is 13.7. The van der Waals surface area contributed by atoms with E-state index in [1.165, 1.54) is 47.0 Å². The van der Waals surface area contributed by atoms with E-state index in [0.717, 1.165) is 0 Å². The van der Waals surface area contributed by atoms with E-state index >= 15 is 17.6 Å². The van der Waals surface area contributed by atoms with Gasteiger partial charge >= 0.3 is 12.2 Å². The maximum Gasteiger partial charge on any atom is 0.408 e. The van der Waals surface area contributed by atoms with Crippen molar-refractivity contribution in [3.8, 4) is 35.0 Å². The number of ether oxygens (including phenoxy) is 6. The molecule has 22 nitrogen and oxygen atoms in total. The van der Waals surface area contributed by atoms with E-state index in [1.54, 1.807) is 97.0 Å². The molecule has 8 heterocycles. The fraction of sp³-hybridized carbons (Fsp3) is 0.549. The van der Waals surface area contributed by atoms with Gasteiger partial charge in [0.05, 0.1) is 35.2 Å². The molecule has 6 aromatic rings. The maximum absolute atomic E-state index is 16.2. The molecule has 12 rings (SSSR count). The smallest absolute Gasteiger partial charge is 0.408 e. The van der Waals surface area contributed by atoms with Crippen LogP contribution in [0.3, 0.4) is 0 Å². The van der Waals surface area contributed by atoms with E-state index in [1.807, 2.05) is 33.3 Å². The number of nitrogens with one attached hydrogen (secondary N) is 2. The van der Waals surface area contributed by atoms with Crippen molar-refractivity contribution in [3.05, 3.63) is 96.8 Å². The zero-order valence-electron chi connectivity index (χ0n) is 56.9. The van der Waals surface area contributed by atoms with Gasteiger partial charge in [0.2, 0.25) is 35.3 Å². The van der Waals surface area contributed by atoms with Crippen LogP contribution in [0, 0.1) is 34.5 Å². The van der Waals surface area contributed by atoms with E-state index < -0.39 is 119 Å². The Morgan fingerprint density at radius 2 is 1.03 bits per heavy atom. The molecule has 99 heavy (non-hydrogen) atoms. The number of benzene rings is 2. The third kappa shape index (κ3) is 16.9. The van der Waals surface area contributed by atoms with Crippen LogP contribution < -0.4 is 29.6 Å². The maximum atomic E-state index is 16.2. The molecule has 0 spiro atoms. The van der Waals surface area contributed by atoms with Gasteiger partial charge in [-0.15, -0.1) is 0 Å². The number of carbonyl (C=O) groups is 4. The molecule has 0 unspecified atom stereocenters. The fourth-order valence-electron chi connectivity index (χ4n) is 13.7. The number of hydrogen-bond acceptors (Lipinski definition) is 18. The molecule has 4 aliphatic heterocycles. The van der Waals surface area contributed by atoms with Crippen LogP contribution in [0.4, 0.5) is 27.2 Å². The Hall–Kier alpha value is -7.67. The molecule has 4 fully saturated rings. The van der Waals surface area contributed by atoms with E-state index in [0.29, 0.717) is 90.0 Å². The third-order valence-corrected chi connectivity index (χ3v) is 19.7. The largest absolute Gasteiger partial charge is 0.540 e. The predicted molar refractivity (Wildman–Crippen MR) is 345 cm³/mol. The van der Waals surface area contributed by atoms with Crippen molar-refractivity contribution in [3.63, 3.8) is 0 Å². The monoisotopic (exact) mass is 1440 g/mol. The summed E-state index contributed by atoms with van der Waals surface area (Å²) >= 11 is 0. The number of alkyl carbamates (subject to hydrolysis) is 2. The van der Waals surface area contributed by atoms with E-state index in [2.05, 4.69) is 40.5 Å². The SMILES string of the molecule is CC[C@@H]1[C@@H]2CN(C(=O)[C@H](C(C)(C)C)NC(=O)O[C@]3(C)C[C@H]3CCCCC(F)(F)c3cc4ccc(Oc5ccncn5)cc4nc3O2)[C@@H]1[C-]=O.C[C@@H]1[C@@H]2CN(C(=O)[C@H](C(C)(C)C)NC(=O)O[C@]3(C)C[C@H]3CCCCC(F)(F)c3cc4ccc(Oc5ccncn5)cc4nc3O2)[C@@H]1[C-]=O.[V].[V]. The van der Waals surface area contributed by atoms with Crippen LogP contribution in [0.1, 0.15) is 151 Å². The second-order valence-electron chi connectivity index (χ2n) is 29.0. The number of aromatic nitrogens is 6. The number of carbonyl (C=O) groups excluding carboxylic acids is 6. The molecule has 2 N–H and O–H groups in total. The molecule has 2 saturated heterocycles. The van der Waals surface area contributed by atoms with E-state index in [4.69, 9.17) is 28.4 Å². The van der Waals surface area contributed by atoms with Crippen molar-refractivity contribution in [2.75, 3.05) is 13.1 Å². The van der Waals surface area contributed by atoms with Crippen LogP contribution in [0.25, 0.3) is 21.8 Å². The van der Waals surface area contributed by atoms with Crippen LogP contribution in [-0.2, 0) is 77.6 Å². The van der Waals surface area contributed by atoms with Gasteiger partial charge in [0.25, 0.3) is 11.8 Å². The minimum Gasteiger partial charge on any atom is -0.540 e. The average Bonchev–Trinajstić information content (AvgIpc) is 1.61. The van der Waals surface area contributed by atoms with Gasteiger partial charge in [-0.1, -0.05) is 86.7 Å². The summed E-state index contributed by atoms with van der Waals surface area (Å²) in [6.07, 6.45) is 9.90. The molecule has 12 atom stereocenters. The third-order valence-electron chi connectivity index (χ3n) is 19.7. The average molecular weight is 1450 g/mol. The van der Waals surface area contributed by atoms with Crippen LogP contribution in [0.2, 0.25) is 0 Å². The van der Waals surface area contributed by atoms with Crippen molar-refractivity contribution in [1.82, 2.24) is 50.3 Å². The molecule has 2 radical (unpaired) electrons. The number of halogens is 4. The Kier molecular flexibility index (Phi) is 22.8. The van der Waals surface area contributed by atoms with Crippen LogP contribution >= 0.6 is 0 Å². The van der Waals surface area contributed by atoms with Gasteiger partial charge in [0, 0.05) is 109 Å².